The normalized spacial score (nSPS) is 12.9. The Morgan fingerprint density at radius 3 is 2.23 bits per heavy atom. The van der Waals surface area contributed by atoms with Crippen molar-refractivity contribution in [3.63, 3.8) is 0 Å². The van der Waals surface area contributed by atoms with Crippen LogP contribution in [0.2, 0.25) is 0 Å². The standard InChI is InChI=1S/C16H18BrNO3S/c1-3-21-15-8-4-13(5-9-15)12(2)18-22(19,20)16-10-6-14(17)7-11-16/h4-12,18H,3H2,1-2H3/t12-/m0/s1. The van der Waals surface area contributed by atoms with E-state index in [0.29, 0.717) is 6.61 Å². The molecular formula is C16H18BrNO3S. The van der Waals surface area contributed by atoms with Crippen LogP contribution < -0.4 is 9.46 Å². The first kappa shape index (κ1) is 17.0. The number of halogens is 1. The van der Waals surface area contributed by atoms with E-state index >= 15 is 0 Å². The molecule has 0 aromatic heterocycles. The number of ether oxygens (including phenoxy) is 1. The van der Waals surface area contributed by atoms with Gasteiger partial charge in [-0.2, -0.15) is 0 Å². The molecule has 0 saturated carbocycles. The van der Waals surface area contributed by atoms with Gasteiger partial charge in [-0.1, -0.05) is 28.1 Å². The van der Waals surface area contributed by atoms with Crippen LogP contribution in [0.5, 0.6) is 5.75 Å². The topological polar surface area (TPSA) is 55.4 Å². The summed E-state index contributed by atoms with van der Waals surface area (Å²) in [5, 5.41) is 0. The van der Waals surface area contributed by atoms with Gasteiger partial charge in [-0.25, -0.2) is 13.1 Å². The van der Waals surface area contributed by atoms with Crippen LogP contribution in [-0.2, 0) is 10.0 Å². The fraction of sp³-hybridized carbons (Fsp3) is 0.250. The van der Waals surface area contributed by atoms with Gasteiger partial charge in [-0.15, -0.1) is 0 Å². The summed E-state index contributed by atoms with van der Waals surface area (Å²) in [6.45, 7) is 4.33. The summed E-state index contributed by atoms with van der Waals surface area (Å²) < 4.78 is 33.6. The molecule has 0 aliphatic heterocycles. The molecule has 0 aliphatic rings. The maximum atomic E-state index is 12.3. The van der Waals surface area contributed by atoms with Crippen LogP contribution in [0.25, 0.3) is 0 Å². The lowest BCUT2D eigenvalue weighted by molar-refractivity contribution is 0.340. The first-order chi connectivity index (χ1) is 10.4. The summed E-state index contributed by atoms with van der Waals surface area (Å²) in [4.78, 5) is 0.244. The van der Waals surface area contributed by atoms with Crippen LogP contribution >= 0.6 is 15.9 Å². The van der Waals surface area contributed by atoms with E-state index in [1.54, 1.807) is 24.3 Å². The van der Waals surface area contributed by atoms with Crippen molar-refractivity contribution < 1.29 is 13.2 Å². The molecule has 2 aromatic rings. The summed E-state index contributed by atoms with van der Waals surface area (Å²) >= 11 is 3.29. The van der Waals surface area contributed by atoms with E-state index in [1.807, 2.05) is 38.1 Å². The smallest absolute Gasteiger partial charge is 0.241 e. The van der Waals surface area contributed by atoms with Gasteiger partial charge >= 0.3 is 0 Å². The average Bonchev–Trinajstić information content (AvgIpc) is 2.48. The SMILES string of the molecule is CCOc1ccc([C@H](C)NS(=O)(=O)c2ccc(Br)cc2)cc1. The highest BCUT2D eigenvalue weighted by Gasteiger charge is 2.18. The molecule has 4 nitrogen and oxygen atoms in total. The van der Waals surface area contributed by atoms with Gasteiger partial charge in [0, 0.05) is 10.5 Å². The van der Waals surface area contributed by atoms with Crippen LogP contribution in [0.4, 0.5) is 0 Å². The number of benzene rings is 2. The Bertz CT molecular complexity index is 712. The van der Waals surface area contributed by atoms with E-state index < -0.39 is 10.0 Å². The summed E-state index contributed by atoms with van der Waals surface area (Å²) in [5.74, 6) is 0.772. The van der Waals surface area contributed by atoms with Crippen molar-refractivity contribution in [2.45, 2.75) is 24.8 Å². The summed E-state index contributed by atoms with van der Waals surface area (Å²) in [5.41, 5.74) is 0.879. The second-order valence-electron chi connectivity index (χ2n) is 4.80. The zero-order valence-corrected chi connectivity index (χ0v) is 14.8. The molecule has 118 valence electrons. The Morgan fingerprint density at radius 2 is 1.68 bits per heavy atom. The molecule has 0 bridgehead atoms. The third-order valence-electron chi connectivity index (χ3n) is 3.15. The van der Waals surface area contributed by atoms with Gasteiger partial charge in [0.05, 0.1) is 11.5 Å². The molecule has 0 saturated heterocycles. The van der Waals surface area contributed by atoms with E-state index in [-0.39, 0.29) is 10.9 Å². The second kappa shape index (κ2) is 7.26. The molecule has 6 heteroatoms. The fourth-order valence-corrected chi connectivity index (χ4v) is 3.50. The molecule has 2 rings (SSSR count). The van der Waals surface area contributed by atoms with Crippen molar-refractivity contribution in [1.82, 2.24) is 4.72 Å². The van der Waals surface area contributed by atoms with E-state index in [4.69, 9.17) is 4.74 Å². The zero-order valence-electron chi connectivity index (χ0n) is 12.4. The van der Waals surface area contributed by atoms with Crippen LogP contribution in [0.3, 0.4) is 0 Å². The van der Waals surface area contributed by atoms with E-state index in [0.717, 1.165) is 15.8 Å². The van der Waals surface area contributed by atoms with Crippen LogP contribution in [0, 0.1) is 0 Å². The van der Waals surface area contributed by atoms with E-state index in [2.05, 4.69) is 20.7 Å². The molecule has 2 aromatic carbocycles. The van der Waals surface area contributed by atoms with Gasteiger partial charge < -0.3 is 4.74 Å². The molecule has 0 radical (unpaired) electrons. The van der Waals surface area contributed by atoms with E-state index in [9.17, 15) is 8.42 Å². The van der Waals surface area contributed by atoms with Gasteiger partial charge in [-0.05, 0) is 55.8 Å². The maximum absolute atomic E-state index is 12.3. The molecule has 0 spiro atoms. The van der Waals surface area contributed by atoms with Gasteiger partial charge in [0.25, 0.3) is 0 Å². The first-order valence-electron chi connectivity index (χ1n) is 6.93. The quantitative estimate of drug-likeness (QED) is 0.822. The first-order valence-corrected chi connectivity index (χ1v) is 9.20. The minimum Gasteiger partial charge on any atom is -0.494 e. The predicted molar refractivity (Wildman–Crippen MR) is 90.5 cm³/mol. The highest BCUT2D eigenvalue weighted by Crippen LogP contribution is 2.21. The van der Waals surface area contributed by atoms with Crippen LogP contribution in [0.15, 0.2) is 57.9 Å². The van der Waals surface area contributed by atoms with Crippen LogP contribution in [0.1, 0.15) is 25.5 Å². The lowest BCUT2D eigenvalue weighted by atomic mass is 10.1. The number of rotatable bonds is 6. The largest absolute Gasteiger partial charge is 0.494 e. The molecule has 22 heavy (non-hydrogen) atoms. The fourth-order valence-electron chi connectivity index (χ4n) is 2.00. The van der Waals surface area contributed by atoms with Crippen molar-refractivity contribution in [2.75, 3.05) is 6.61 Å². The minimum absolute atomic E-state index is 0.244. The molecule has 0 heterocycles. The Labute approximate surface area is 139 Å². The Balaban J connectivity index is 2.13. The van der Waals surface area contributed by atoms with Gasteiger partial charge in [0.1, 0.15) is 5.75 Å². The summed E-state index contributed by atoms with van der Waals surface area (Å²) in [6.07, 6.45) is 0. The lowest BCUT2D eigenvalue weighted by Crippen LogP contribution is -2.26. The molecule has 0 amide bonds. The van der Waals surface area contributed by atoms with Gasteiger partial charge in [0.2, 0.25) is 10.0 Å². The summed E-state index contributed by atoms with van der Waals surface area (Å²) in [7, 11) is -3.55. The molecule has 0 unspecified atom stereocenters. The molecule has 0 aliphatic carbocycles. The number of hydrogen-bond donors (Lipinski definition) is 1. The van der Waals surface area contributed by atoms with Crippen molar-refractivity contribution in [3.05, 3.63) is 58.6 Å². The number of nitrogens with one attached hydrogen (secondary N) is 1. The highest BCUT2D eigenvalue weighted by atomic mass is 79.9. The van der Waals surface area contributed by atoms with Crippen molar-refractivity contribution in [2.24, 2.45) is 0 Å². The molecule has 1 atom stereocenters. The highest BCUT2D eigenvalue weighted by molar-refractivity contribution is 9.10. The number of sulfonamides is 1. The van der Waals surface area contributed by atoms with Crippen molar-refractivity contribution >= 4 is 26.0 Å². The monoisotopic (exact) mass is 383 g/mol. The maximum Gasteiger partial charge on any atom is 0.241 e. The minimum atomic E-state index is -3.55. The van der Waals surface area contributed by atoms with Crippen molar-refractivity contribution in [3.8, 4) is 5.75 Å². The Morgan fingerprint density at radius 1 is 1.09 bits per heavy atom. The second-order valence-corrected chi connectivity index (χ2v) is 7.43. The Hall–Kier alpha value is -1.37. The molecule has 0 fully saturated rings. The zero-order chi connectivity index (χ0) is 16.2. The number of hydrogen-bond acceptors (Lipinski definition) is 3. The van der Waals surface area contributed by atoms with E-state index in [1.165, 1.54) is 0 Å². The van der Waals surface area contributed by atoms with Crippen LogP contribution in [-0.4, -0.2) is 15.0 Å². The predicted octanol–water partition coefficient (Wildman–Crippen LogP) is 3.89. The molecule has 1 N–H and O–H groups in total. The third kappa shape index (κ3) is 4.32. The Kier molecular flexibility index (Phi) is 5.61. The van der Waals surface area contributed by atoms with Crippen molar-refractivity contribution in [1.29, 1.82) is 0 Å². The van der Waals surface area contributed by atoms with Gasteiger partial charge in [-0.3, -0.25) is 0 Å². The average molecular weight is 384 g/mol. The molecular weight excluding hydrogens is 366 g/mol. The lowest BCUT2D eigenvalue weighted by Gasteiger charge is -2.15. The third-order valence-corrected chi connectivity index (χ3v) is 5.23. The summed E-state index contributed by atoms with van der Waals surface area (Å²) in [6, 6.07) is 13.6. The van der Waals surface area contributed by atoms with Gasteiger partial charge in [0.15, 0.2) is 0 Å².